The third-order valence-electron chi connectivity index (χ3n) is 2.23. The number of aromatic nitrogens is 3. The highest BCUT2D eigenvalue weighted by atomic mass is 16.4. The average Bonchev–Trinajstić information content (AvgIpc) is 2.73. The maximum absolute atomic E-state index is 10.8. The summed E-state index contributed by atoms with van der Waals surface area (Å²) in [4.78, 5) is 10.8. The zero-order valence-electron chi connectivity index (χ0n) is 9.29. The van der Waals surface area contributed by atoms with E-state index in [1.807, 2.05) is 6.07 Å². The van der Waals surface area contributed by atoms with Gasteiger partial charge in [0.05, 0.1) is 12.1 Å². The number of nitrogens with one attached hydrogen (secondary N) is 1. The monoisotopic (exact) mass is 232 g/mol. The second-order valence-corrected chi connectivity index (χ2v) is 3.62. The van der Waals surface area contributed by atoms with Gasteiger partial charge in [-0.15, -0.1) is 5.10 Å². The first kappa shape index (κ1) is 11.1. The summed E-state index contributed by atoms with van der Waals surface area (Å²) in [7, 11) is 1.79. The van der Waals surface area contributed by atoms with Gasteiger partial charge < -0.3 is 10.4 Å². The lowest BCUT2D eigenvalue weighted by atomic mass is 10.2. The third-order valence-corrected chi connectivity index (χ3v) is 2.23. The Bertz CT molecular complexity index is 536. The van der Waals surface area contributed by atoms with Crippen LogP contribution in [0.4, 0.5) is 5.69 Å². The van der Waals surface area contributed by atoms with Crippen LogP contribution in [0.25, 0.3) is 0 Å². The number of aryl methyl sites for hydroxylation is 1. The van der Waals surface area contributed by atoms with Gasteiger partial charge in [0, 0.05) is 18.9 Å². The Morgan fingerprint density at radius 3 is 3.00 bits per heavy atom. The van der Waals surface area contributed by atoms with Crippen molar-refractivity contribution in [1.82, 2.24) is 15.0 Å². The van der Waals surface area contributed by atoms with E-state index in [1.54, 1.807) is 36.1 Å². The standard InChI is InChI=1S/C11H12N4O2/c1-15-7-10(13-14-15)6-12-9-4-2-3-8(5-9)11(16)17/h2-5,7,12H,6H2,1H3,(H,16,17). The summed E-state index contributed by atoms with van der Waals surface area (Å²) in [6.45, 7) is 0.511. The number of nitrogens with zero attached hydrogens (tertiary/aromatic N) is 3. The fourth-order valence-corrected chi connectivity index (χ4v) is 1.43. The summed E-state index contributed by atoms with van der Waals surface area (Å²) < 4.78 is 1.62. The van der Waals surface area contributed by atoms with Gasteiger partial charge in [0.15, 0.2) is 0 Å². The van der Waals surface area contributed by atoms with Crippen molar-refractivity contribution in [3.05, 3.63) is 41.7 Å². The maximum Gasteiger partial charge on any atom is 0.335 e. The molecule has 6 heteroatoms. The van der Waals surface area contributed by atoms with Crippen LogP contribution in [0.1, 0.15) is 16.1 Å². The Labute approximate surface area is 97.9 Å². The minimum Gasteiger partial charge on any atom is -0.478 e. The van der Waals surface area contributed by atoms with Crippen LogP contribution in [0.2, 0.25) is 0 Å². The topological polar surface area (TPSA) is 80.0 Å². The van der Waals surface area contributed by atoms with E-state index in [9.17, 15) is 4.79 Å². The molecule has 0 saturated heterocycles. The van der Waals surface area contributed by atoms with Gasteiger partial charge in [-0.1, -0.05) is 11.3 Å². The number of benzene rings is 1. The summed E-state index contributed by atoms with van der Waals surface area (Å²) in [5, 5.41) is 19.7. The molecule has 0 unspecified atom stereocenters. The number of carboxylic acids is 1. The number of hydrogen-bond acceptors (Lipinski definition) is 4. The molecule has 0 spiro atoms. The van der Waals surface area contributed by atoms with Crippen molar-refractivity contribution in [3.63, 3.8) is 0 Å². The number of carbonyl (C=O) groups is 1. The Morgan fingerprint density at radius 1 is 1.53 bits per heavy atom. The van der Waals surface area contributed by atoms with Gasteiger partial charge in [-0.25, -0.2) is 4.79 Å². The highest BCUT2D eigenvalue weighted by Crippen LogP contribution is 2.11. The van der Waals surface area contributed by atoms with Crippen LogP contribution in [0.15, 0.2) is 30.5 Å². The lowest BCUT2D eigenvalue weighted by molar-refractivity contribution is 0.0697. The third kappa shape index (κ3) is 2.81. The number of hydrogen-bond donors (Lipinski definition) is 2. The molecule has 0 aliphatic heterocycles. The van der Waals surface area contributed by atoms with E-state index < -0.39 is 5.97 Å². The van der Waals surface area contributed by atoms with E-state index in [0.29, 0.717) is 6.54 Å². The van der Waals surface area contributed by atoms with Gasteiger partial charge in [0.1, 0.15) is 5.69 Å². The quantitative estimate of drug-likeness (QED) is 0.825. The van der Waals surface area contributed by atoms with E-state index >= 15 is 0 Å². The number of rotatable bonds is 4. The number of aromatic carboxylic acids is 1. The van der Waals surface area contributed by atoms with E-state index in [2.05, 4.69) is 15.6 Å². The molecule has 0 amide bonds. The fraction of sp³-hybridized carbons (Fsp3) is 0.182. The SMILES string of the molecule is Cn1cc(CNc2cccc(C(=O)O)c2)nn1. The average molecular weight is 232 g/mol. The van der Waals surface area contributed by atoms with Crippen molar-refractivity contribution >= 4 is 11.7 Å². The Balaban J connectivity index is 2.04. The Morgan fingerprint density at radius 2 is 2.35 bits per heavy atom. The molecule has 88 valence electrons. The van der Waals surface area contributed by atoms with Gasteiger partial charge in [0.2, 0.25) is 0 Å². The molecule has 0 aliphatic carbocycles. The highest BCUT2D eigenvalue weighted by molar-refractivity contribution is 5.88. The zero-order chi connectivity index (χ0) is 12.3. The first-order valence-corrected chi connectivity index (χ1v) is 5.07. The molecular formula is C11H12N4O2. The molecule has 1 aromatic heterocycles. The zero-order valence-corrected chi connectivity index (χ0v) is 9.29. The largest absolute Gasteiger partial charge is 0.478 e. The number of carboxylic acid groups (broad SMARTS) is 1. The predicted molar refractivity (Wildman–Crippen MR) is 61.7 cm³/mol. The van der Waals surface area contributed by atoms with E-state index in [4.69, 9.17) is 5.11 Å². The molecule has 0 atom stereocenters. The predicted octanol–water partition coefficient (Wildman–Crippen LogP) is 1.13. The minimum atomic E-state index is -0.937. The van der Waals surface area contributed by atoms with Gasteiger partial charge >= 0.3 is 5.97 Å². The van der Waals surface area contributed by atoms with Gasteiger partial charge in [-0.05, 0) is 18.2 Å². The molecule has 0 radical (unpaired) electrons. The molecule has 0 bridgehead atoms. The van der Waals surface area contributed by atoms with Crippen molar-refractivity contribution in [3.8, 4) is 0 Å². The minimum absolute atomic E-state index is 0.258. The maximum atomic E-state index is 10.8. The van der Waals surface area contributed by atoms with Gasteiger partial charge in [-0.2, -0.15) is 0 Å². The number of anilines is 1. The normalized spacial score (nSPS) is 10.2. The van der Waals surface area contributed by atoms with E-state index in [0.717, 1.165) is 11.4 Å². The van der Waals surface area contributed by atoms with E-state index in [-0.39, 0.29) is 5.56 Å². The lowest BCUT2D eigenvalue weighted by Crippen LogP contribution is -2.02. The molecule has 2 rings (SSSR count). The van der Waals surface area contributed by atoms with Crippen LogP contribution in [0, 0.1) is 0 Å². The first-order valence-electron chi connectivity index (χ1n) is 5.07. The summed E-state index contributed by atoms with van der Waals surface area (Å²) in [5.41, 5.74) is 1.80. The summed E-state index contributed by atoms with van der Waals surface area (Å²) >= 11 is 0. The summed E-state index contributed by atoms with van der Waals surface area (Å²) in [5.74, 6) is -0.937. The molecule has 0 aliphatic rings. The lowest BCUT2D eigenvalue weighted by Gasteiger charge is -2.04. The van der Waals surface area contributed by atoms with Crippen LogP contribution in [-0.4, -0.2) is 26.1 Å². The molecule has 17 heavy (non-hydrogen) atoms. The molecule has 2 aromatic rings. The fourth-order valence-electron chi connectivity index (χ4n) is 1.43. The smallest absolute Gasteiger partial charge is 0.335 e. The van der Waals surface area contributed by atoms with Gasteiger partial charge in [0.25, 0.3) is 0 Å². The van der Waals surface area contributed by atoms with Crippen molar-refractivity contribution in [2.75, 3.05) is 5.32 Å². The second kappa shape index (κ2) is 4.65. The van der Waals surface area contributed by atoms with Crippen LogP contribution in [0.3, 0.4) is 0 Å². The molecule has 6 nitrogen and oxygen atoms in total. The Kier molecular flexibility index (Phi) is 3.04. The van der Waals surface area contributed by atoms with Gasteiger partial charge in [-0.3, -0.25) is 4.68 Å². The van der Waals surface area contributed by atoms with Crippen molar-refractivity contribution in [2.45, 2.75) is 6.54 Å². The van der Waals surface area contributed by atoms with Crippen LogP contribution >= 0.6 is 0 Å². The summed E-state index contributed by atoms with van der Waals surface area (Å²) in [6.07, 6.45) is 1.80. The Hall–Kier alpha value is -2.37. The first-order chi connectivity index (χ1) is 8.15. The molecular weight excluding hydrogens is 220 g/mol. The summed E-state index contributed by atoms with van der Waals surface area (Å²) in [6, 6.07) is 6.64. The molecule has 1 aromatic carbocycles. The second-order valence-electron chi connectivity index (χ2n) is 3.62. The molecule has 2 N–H and O–H groups in total. The van der Waals surface area contributed by atoms with Crippen molar-refractivity contribution in [1.29, 1.82) is 0 Å². The molecule has 0 fully saturated rings. The van der Waals surface area contributed by atoms with Crippen molar-refractivity contribution in [2.24, 2.45) is 7.05 Å². The highest BCUT2D eigenvalue weighted by Gasteiger charge is 2.03. The van der Waals surface area contributed by atoms with Crippen LogP contribution in [0.5, 0.6) is 0 Å². The molecule has 0 saturated carbocycles. The van der Waals surface area contributed by atoms with Crippen LogP contribution in [-0.2, 0) is 13.6 Å². The molecule has 1 heterocycles. The van der Waals surface area contributed by atoms with E-state index in [1.165, 1.54) is 0 Å². The van der Waals surface area contributed by atoms with Crippen LogP contribution < -0.4 is 5.32 Å². The van der Waals surface area contributed by atoms with Crippen molar-refractivity contribution < 1.29 is 9.90 Å².